The van der Waals surface area contributed by atoms with Gasteiger partial charge >= 0.3 is 0 Å². The van der Waals surface area contributed by atoms with Crippen molar-refractivity contribution in [2.24, 2.45) is 5.92 Å². The van der Waals surface area contributed by atoms with E-state index in [2.05, 4.69) is 29.5 Å². The Hall–Kier alpha value is -0.940. The molecule has 0 aromatic carbocycles. The first-order valence-electron chi connectivity index (χ1n) is 5.01. The van der Waals surface area contributed by atoms with Gasteiger partial charge in [-0.05, 0) is 19.4 Å². The van der Waals surface area contributed by atoms with Crippen LogP contribution < -0.4 is 10.6 Å². The predicted octanol–water partition coefficient (Wildman–Crippen LogP) is 1.64. The van der Waals surface area contributed by atoms with Crippen LogP contribution in [0.2, 0.25) is 0 Å². The molecule has 1 rings (SSSR count). The van der Waals surface area contributed by atoms with E-state index in [1.807, 2.05) is 6.92 Å². The monoisotopic (exact) mass is 227 g/mol. The van der Waals surface area contributed by atoms with Gasteiger partial charge in [0.1, 0.15) is 0 Å². The zero-order valence-electron chi connectivity index (χ0n) is 9.33. The van der Waals surface area contributed by atoms with Crippen LogP contribution in [0.25, 0.3) is 0 Å². The summed E-state index contributed by atoms with van der Waals surface area (Å²) in [6.45, 7) is 7.37. The highest BCUT2D eigenvalue weighted by Gasteiger charge is 2.04. The molecule has 0 saturated carbocycles. The third-order valence-corrected chi connectivity index (χ3v) is 2.53. The number of carbonyl (C=O) groups is 1. The standard InChI is InChI=1S/C10H17N3OS/c1-7(2)4-11-6-9(14)13-10-12-5-8(3)15-10/h5,7,11H,4,6H2,1-3H3,(H,12,13,14). The van der Waals surface area contributed by atoms with E-state index in [0.717, 1.165) is 11.4 Å². The second kappa shape index (κ2) is 5.82. The van der Waals surface area contributed by atoms with Gasteiger partial charge in [0.2, 0.25) is 5.91 Å². The van der Waals surface area contributed by atoms with Crippen molar-refractivity contribution in [1.29, 1.82) is 0 Å². The van der Waals surface area contributed by atoms with Gasteiger partial charge in [0, 0.05) is 11.1 Å². The summed E-state index contributed by atoms with van der Waals surface area (Å²) in [5.74, 6) is 0.518. The molecule has 1 amide bonds. The number of carbonyl (C=O) groups excluding carboxylic acids is 1. The van der Waals surface area contributed by atoms with Crippen LogP contribution in [-0.4, -0.2) is 24.0 Å². The molecule has 0 bridgehead atoms. The largest absolute Gasteiger partial charge is 0.308 e. The molecule has 0 unspecified atom stereocenters. The number of amides is 1. The van der Waals surface area contributed by atoms with E-state index >= 15 is 0 Å². The summed E-state index contributed by atoms with van der Waals surface area (Å²) >= 11 is 1.48. The topological polar surface area (TPSA) is 54.0 Å². The van der Waals surface area contributed by atoms with Crippen molar-refractivity contribution in [2.45, 2.75) is 20.8 Å². The highest BCUT2D eigenvalue weighted by molar-refractivity contribution is 7.15. The number of thiazole rings is 1. The molecule has 5 heteroatoms. The fraction of sp³-hybridized carbons (Fsp3) is 0.600. The number of aromatic nitrogens is 1. The van der Waals surface area contributed by atoms with E-state index in [4.69, 9.17) is 0 Å². The van der Waals surface area contributed by atoms with Crippen molar-refractivity contribution in [1.82, 2.24) is 10.3 Å². The van der Waals surface area contributed by atoms with Gasteiger partial charge in [-0.1, -0.05) is 13.8 Å². The van der Waals surface area contributed by atoms with Gasteiger partial charge in [0.05, 0.1) is 6.54 Å². The SMILES string of the molecule is Cc1cnc(NC(=O)CNCC(C)C)s1. The molecule has 1 heterocycles. The second-order valence-corrected chi connectivity index (χ2v) is 5.08. The van der Waals surface area contributed by atoms with Gasteiger partial charge in [0.15, 0.2) is 5.13 Å². The number of rotatable bonds is 5. The molecule has 0 saturated heterocycles. The van der Waals surface area contributed by atoms with Crippen molar-refractivity contribution >= 4 is 22.4 Å². The molecule has 1 aromatic rings. The van der Waals surface area contributed by atoms with Crippen molar-refractivity contribution in [3.8, 4) is 0 Å². The van der Waals surface area contributed by atoms with Gasteiger partial charge in [-0.25, -0.2) is 4.98 Å². The normalized spacial score (nSPS) is 10.7. The maximum atomic E-state index is 11.4. The minimum atomic E-state index is -0.0370. The Morgan fingerprint density at radius 2 is 2.33 bits per heavy atom. The predicted molar refractivity (Wildman–Crippen MR) is 63.2 cm³/mol. The van der Waals surface area contributed by atoms with Crippen LogP contribution in [0, 0.1) is 12.8 Å². The second-order valence-electron chi connectivity index (χ2n) is 3.85. The lowest BCUT2D eigenvalue weighted by molar-refractivity contribution is -0.115. The van der Waals surface area contributed by atoms with E-state index in [1.54, 1.807) is 6.20 Å². The number of hydrogen-bond acceptors (Lipinski definition) is 4. The number of hydrogen-bond donors (Lipinski definition) is 2. The van der Waals surface area contributed by atoms with Crippen LogP contribution in [0.3, 0.4) is 0 Å². The lowest BCUT2D eigenvalue weighted by Crippen LogP contribution is -2.30. The first kappa shape index (κ1) is 12.1. The van der Waals surface area contributed by atoms with Crippen LogP contribution in [0.4, 0.5) is 5.13 Å². The van der Waals surface area contributed by atoms with Gasteiger partial charge < -0.3 is 10.6 Å². The molecule has 0 aliphatic carbocycles. The zero-order chi connectivity index (χ0) is 11.3. The summed E-state index contributed by atoms with van der Waals surface area (Å²) in [6, 6.07) is 0. The number of nitrogens with one attached hydrogen (secondary N) is 2. The Balaban J connectivity index is 2.24. The molecular formula is C10H17N3OS. The summed E-state index contributed by atoms with van der Waals surface area (Å²) in [6.07, 6.45) is 1.75. The minimum Gasteiger partial charge on any atom is -0.308 e. The summed E-state index contributed by atoms with van der Waals surface area (Å²) < 4.78 is 0. The Bertz CT molecular complexity index is 322. The number of anilines is 1. The Kier molecular flexibility index (Phi) is 4.71. The van der Waals surface area contributed by atoms with Gasteiger partial charge in [-0.15, -0.1) is 11.3 Å². The fourth-order valence-corrected chi connectivity index (χ4v) is 1.73. The van der Waals surface area contributed by atoms with E-state index in [1.165, 1.54) is 11.3 Å². The molecule has 1 aromatic heterocycles. The van der Waals surface area contributed by atoms with Crippen LogP contribution in [0.5, 0.6) is 0 Å². The molecule has 0 aliphatic heterocycles. The fourth-order valence-electron chi connectivity index (χ4n) is 1.05. The smallest absolute Gasteiger partial charge is 0.240 e. The summed E-state index contributed by atoms with van der Waals surface area (Å²) in [5.41, 5.74) is 0. The zero-order valence-corrected chi connectivity index (χ0v) is 10.1. The van der Waals surface area contributed by atoms with E-state index < -0.39 is 0 Å². The van der Waals surface area contributed by atoms with Crippen molar-refractivity contribution in [3.63, 3.8) is 0 Å². The molecule has 0 spiro atoms. The molecule has 15 heavy (non-hydrogen) atoms. The molecule has 0 atom stereocenters. The molecule has 84 valence electrons. The molecule has 0 radical (unpaired) electrons. The molecule has 4 nitrogen and oxygen atoms in total. The van der Waals surface area contributed by atoms with Crippen molar-refractivity contribution in [3.05, 3.63) is 11.1 Å². The lowest BCUT2D eigenvalue weighted by atomic mass is 10.2. The van der Waals surface area contributed by atoms with Crippen LogP contribution >= 0.6 is 11.3 Å². The average Bonchev–Trinajstić information content (AvgIpc) is 2.50. The van der Waals surface area contributed by atoms with Gasteiger partial charge in [-0.2, -0.15) is 0 Å². The van der Waals surface area contributed by atoms with Gasteiger partial charge in [-0.3, -0.25) is 4.79 Å². The minimum absolute atomic E-state index is 0.0370. The number of aryl methyl sites for hydroxylation is 1. The highest BCUT2D eigenvalue weighted by atomic mass is 32.1. The molecule has 0 fully saturated rings. The van der Waals surface area contributed by atoms with Gasteiger partial charge in [0.25, 0.3) is 0 Å². The third-order valence-electron chi connectivity index (χ3n) is 1.71. The highest BCUT2D eigenvalue weighted by Crippen LogP contribution is 2.15. The first-order valence-corrected chi connectivity index (χ1v) is 5.82. The summed E-state index contributed by atoms with van der Waals surface area (Å²) in [4.78, 5) is 16.6. The maximum Gasteiger partial charge on any atom is 0.240 e. The van der Waals surface area contributed by atoms with E-state index in [0.29, 0.717) is 17.6 Å². The average molecular weight is 227 g/mol. The quantitative estimate of drug-likeness (QED) is 0.804. The van der Waals surface area contributed by atoms with Crippen LogP contribution in [0.15, 0.2) is 6.20 Å². The van der Waals surface area contributed by atoms with Crippen molar-refractivity contribution < 1.29 is 4.79 Å². The Morgan fingerprint density at radius 3 is 2.87 bits per heavy atom. The molecular weight excluding hydrogens is 210 g/mol. The van der Waals surface area contributed by atoms with Crippen LogP contribution in [0.1, 0.15) is 18.7 Å². The third kappa shape index (κ3) is 4.90. The first-order chi connectivity index (χ1) is 7.08. The number of nitrogens with zero attached hydrogens (tertiary/aromatic N) is 1. The Morgan fingerprint density at radius 1 is 1.60 bits per heavy atom. The van der Waals surface area contributed by atoms with Crippen molar-refractivity contribution in [2.75, 3.05) is 18.4 Å². The van der Waals surface area contributed by atoms with Crippen LogP contribution in [-0.2, 0) is 4.79 Å². The lowest BCUT2D eigenvalue weighted by Gasteiger charge is -2.06. The molecule has 2 N–H and O–H groups in total. The maximum absolute atomic E-state index is 11.4. The summed E-state index contributed by atoms with van der Waals surface area (Å²) in [5, 5.41) is 6.49. The molecule has 0 aliphatic rings. The summed E-state index contributed by atoms with van der Waals surface area (Å²) in [7, 11) is 0. The van der Waals surface area contributed by atoms with E-state index in [9.17, 15) is 4.79 Å². The van der Waals surface area contributed by atoms with E-state index in [-0.39, 0.29) is 5.91 Å². The Labute approximate surface area is 94.1 Å².